The van der Waals surface area contributed by atoms with Gasteiger partial charge < -0.3 is 54.4 Å². The van der Waals surface area contributed by atoms with Crippen molar-refractivity contribution in [3.8, 4) is 5.75 Å². The van der Waals surface area contributed by atoms with Gasteiger partial charge in [-0.2, -0.15) is 8.78 Å². The summed E-state index contributed by atoms with van der Waals surface area (Å²) in [6, 6.07) is -1.03. The number of carbonyl (C=O) groups is 9. The second-order valence-electron chi connectivity index (χ2n) is 28.7. The van der Waals surface area contributed by atoms with Gasteiger partial charge in [-0.3, -0.25) is 43.2 Å². The van der Waals surface area contributed by atoms with Crippen LogP contribution in [0.3, 0.4) is 0 Å². The van der Waals surface area contributed by atoms with Gasteiger partial charge in [0.2, 0.25) is 58.5 Å². The number of amides is 4. The van der Waals surface area contributed by atoms with Crippen molar-refractivity contribution >= 4 is 53.3 Å². The molecule has 0 aliphatic heterocycles. The fourth-order valence-electron chi connectivity index (χ4n) is 14.1. The largest absolute Gasteiger partial charge is 0.466 e. The van der Waals surface area contributed by atoms with E-state index in [4.69, 9.17) is 28.4 Å². The van der Waals surface area contributed by atoms with E-state index in [2.05, 4.69) is 88.3 Å². The van der Waals surface area contributed by atoms with Gasteiger partial charge in [0.15, 0.2) is 5.78 Å². The number of rotatable bonds is 44. The Kier molecular flexibility index (Phi) is 38.5. The third kappa shape index (κ3) is 29.2. The Morgan fingerprint density at radius 3 is 1.16 bits per heavy atom. The molecule has 3 aliphatic rings. The number of nitrogens with one attached hydrogen (secondary N) is 4. The second-order valence-corrected chi connectivity index (χ2v) is 28.7. The first-order valence-corrected chi connectivity index (χ1v) is 36.5. The first kappa shape index (κ1) is 85.6. The molecule has 0 bridgehead atoms. The van der Waals surface area contributed by atoms with Gasteiger partial charge in [-0.25, -0.2) is 13.2 Å². The zero-order valence-corrected chi connectivity index (χ0v) is 60.9. The van der Waals surface area contributed by atoms with Crippen molar-refractivity contribution in [1.29, 1.82) is 0 Å². The van der Waals surface area contributed by atoms with E-state index in [1.54, 1.807) is 0 Å². The van der Waals surface area contributed by atoms with Crippen LogP contribution in [-0.4, -0.2) is 137 Å². The fraction of sp³-hybridized carbons (Fsp3) is 0.797. The molecule has 25 heteroatoms. The number of unbranched alkanes of at least 4 members (excludes halogenated alkanes) is 5. The zero-order chi connectivity index (χ0) is 73.5. The van der Waals surface area contributed by atoms with Crippen molar-refractivity contribution < 1.29 is 98.3 Å². The number of hydrogen-bond acceptors (Lipinski definition) is 16. The van der Waals surface area contributed by atoms with Gasteiger partial charge in [0.1, 0.15) is 0 Å². The van der Waals surface area contributed by atoms with Crippen molar-refractivity contribution in [2.75, 3.05) is 59.3 Å². The highest BCUT2D eigenvalue weighted by molar-refractivity contribution is 5.92. The molecule has 0 heterocycles. The van der Waals surface area contributed by atoms with E-state index in [9.17, 15) is 65.1 Å². The number of Topliss-reactive ketones (excluding diaryl/α,β-unsaturated/α-hetero) is 1. The maximum absolute atomic E-state index is 14.5. The van der Waals surface area contributed by atoms with Gasteiger partial charge in [0, 0.05) is 98.2 Å². The third-order valence-electron chi connectivity index (χ3n) is 21.8. The predicted molar refractivity (Wildman–Crippen MR) is 360 cm³/mol. The number of ketones is 1. The van der Waals surface area contributed by atoms with Crippen LogP contribution >= 0.6 is 0 Å². The molecule has 17 atom stereocenters. The SMILES string of the molecule is CC(=O)OCC1C[C@@H](OCCCCC(=O)NCCCCC(CC(=O)C(CCCCNC(=O)CCCCO[C@@H]2CC(COC(C)=O)[C@H](C)[C@H](C)C2C)NC(=O)CCCCO[C@@H]2CC(COC(C)=O)[C@H](C)[C@H](C)C2C)C(=O)NCCCC(=O)Oc2c(F)c(F)c(F)c(F)c2F)C(C)[C@@H](C)[C@H]1C. The van der Waals surface area contributed by atoms with Crippen molar-refractivity contribution in [3.63, 3.8) is 0 Å². The lowest BCUT2D eigenvalue weighted by Crippen LogP contribution is -2.43. The molecule has 0 aromatic heterocycles. The predicted octanol–water partition coefficient (Wildman–Crippen LogP) is 12.0. The van der Waals surface area contributed by atoms with E-state index in [1.165, 1.54) is 20.8 Å². The van der Waals surface area contributed by atoms with Crippen LogP contribution in [0.25, 0.3) is 0 Å². The van der Waals surface area contributed by atoms with Crippen molar-refractivity contribution in [3.05, 3.63) is 29.1 Å². The molecule has 0 radical (unpaired) electrons. The lowest BCUT2D eigenvalue weighted by atomic mass is 9.67. The number of benzene rings is 1. The van der Waals surface area contributed by atoms with Gasteiger partial charge >= 0.3 is 23.9 Å². The van der Waals surface area contributed by atoms with Gasteiger partial charge in [-0.1, -0.05) is 68.7 Å². The van der Waals surface area contributed by atoms with E-state index < -0.39 is 70.9 Å². The summed E-state index contributed by atoms with van der Waals surface area (Å²) in [7, 11) is 0. The normalized spacial score (nSPS) is 25.9. The van der Waals surface area contributed by atoms with E-state index in [0.29, 0.717) is 158 Å². The summed E-state index contributed by atoms with van der Waals surface area (Å²) in [6.07, 6.45) is 7.20. The third-order valence-corrected chi connectivity index (χ3v) is 21.8. The topological polar surface area (TPSA) is 266 Å². The average molecular weight is 1410 g/mol. The molecule has 0 spiro atoms. The molecule has 1 aromatic rings. The number of ether oxygens (including phenoxy) is 7. The van der Waals surface area contributed by atoms with Crippen molar-refractivity contribution in [2.45, 2.75) is 242 Å². The van der Waals surface area contributed by atoms with E-state index in [-0.39, 0.29) is 136 Å². The quantitative estimate of drug-likeness (QED) is 0.00900. The Hall–Kier alpha value is -5.82. The lowest BCUT2D eigenvalue weighted by molar-refractivity contribution is -0.146. The van der Waals surface area contributed by atoms with Gasteiger partial charge in [-0.15, -0.1) is 0 Å². The van der Waals surface area contributed by atoms with Crippen LogP contribution in [0.15, 0.2) is 0 Å². The van der Waals surface area contributed by atoms with Crippen LogP contribution in [0.2, 0.25) is 0 Å². The molecule has 564 valence electrons. The van der Waals surface area contributed by atoms with Gasteiger partial charge in [0.05, 0.1) is 44.2 Å². The zero-order valence-electron chi connectivity index (χ0n) is 60.9. The summed E-state index contributed by atoms with van der Waals surface area (Å²) in [5.74, 6) is -14.9. The number of hydrogen-bond donors (Lipinski definition) is 4. The summed E-state index contributed by atoms with van der Waals surface area (Å²) in [6.45, 7) is 26.5. The minimum absolute atomic E-state index is 0.000211. The number of carbonyl (C=O) groups excluding carboxylic acids is 9. The van der Waals surface area contributed by atoms with Crippen LogP contribution in [-0.2, 0) is 71.6 Å². The Morgan fingerprint density at radius 1 is 0.404 bits per heavy atom. The van der Waals surface area contributed by atoms with Crippen LogP contribution < -0.4 is 26.0 Å². The smallest absolute Gasteiger partial charge is 0.311 e. The molecule has 0 saturated heterocycles. The standard InChI is InChI=1S/C74H117F5N4O16/c1-43-46(4)56(40-96-52(10)84)37-61(49(43)7)93-33-20-15-26-64(88)80-30-18-13-24-55(74(92)82-32-23-29-67(91)99-73-71(78)69(76)68(75)70(77)72(73)79)36-60(87)59(83-66(90)28-17-22-35-95-63-39-58(42-98-54(12)86)48(6)45(3)51(63)9)25-14-19-31-81-65(89)27-16-21-34-94-62-38-57(41-97-53(11)85)47(5)44(2)50(62)8/h43-51,55-59,61-63H,13-42H2,1-12H3,(H,80,88)(H,81,89)(H,82,92)(H,83,90)/t43-,44-,45-,46+,47+,48+,49?,50?,51?,55?,56?,57?,58?,59?,61+,62+,63+/m0/s1. The van der Waals surface area contributed by atoms with Crippen LogP contribution in [0, 0.1) is 106 Å². The monoisotopic (exact) mass is 1410 g/mol. The highest BCUT2D eigenvalue weighted by Crippen LogP contribution is 2.43. The Labute approximate surface area is 584 Å². The maximum Gasteiger partial charge on any atom is 0.311 e. The fourth-order valence-corrected chi connectivity index (χ4v) is 14.1. The highest BCUT2D eigenvalue weighted by atomic mass is 19.2. The summed E-state index contributed by atoms with van der Waals surface area (Å²) in [4.78, 5) is 115. The van der Waals surface area contributed by atoms with Crippen LogP contribution in [0.1, 0.15) is 218 Å². The summed E-state index contributed by atoms with van der Waals surface area (Å²) in [5.41, 5.74) is 0. The van der Waals surface area contributed by atoms with Crippen molar-refractivity contribution in [2.24, 2.45) is 76.9 Å². The molecule has 4 amide bonds. The molecule has 99 heavy (non-hydrogen) atoms. The first-order valence-electron chi connectivity index (χ1n) is 36.5. The molecule has 3 aliphatic carbocycles. The summed E-state index contributed by atoms with van der Waals surface area (Å²) in [5, 5.41) is 11.5. The van der Waals surface area contributed by atoms with Gasteiger partial charge in [-0.05, 0) is 167 Å². The molecule has 8 unspecified atom stereocenters. The van der Waals surface area contributed by atoms with E-state index in [0.717, 1.165) is 19.3 Å². The van der Waals surface area contributed by atoms with Crippen molar-refractivity contribution in [1.82, 2.24) is 21.3 Å². The van der Waals surface area contributed by atoms with Gasteiger partial charge in [0.25, 0.3) is 0 Å². The van der Waals surface area contributed by atoms with Crippen LogP contribution in [0.4, 0.5) is 22.0 Å². The Morgan fingerprint density at radius 2 is 0.768 bits per heavy atom. The molecule has 1 aromatic carbocycles. The van der Waals surface area contributed by atoms with E-state index >= 15 is 0 Å². The Balaban J connectivity index is 1.37. The number of halogens is 5. The average Bonchev–Trinajstić information content (AvgIpc) is 0.811. The highest BCUT2D eigenvalue weighted by Gasteiger charge is 2.42. The van der Waals surface area contributed by atoms with E-state index in [1.807, 2.05) is 0 Å². The molecule has 4 rings (SSSR count). The summed E-state index contributed by atoms with van der Waals surface area (Å²) < 4.78 is 109. The summed E-state index contributed by atoms with van der Waals surface area (Å²) >= 11 is 0. The minimum Gasteiger partial charge on any atom is -0.466 e. The maximum atomic E-state index is 14.5. The molecule has 3 saturated carbocycles. The molecule has 3 fully saturated rings. The second kappa shape index (κ2) is 44.5. The Bertz CT molecular complexity index is 2720. The molecular formula is C74H117F5N4O16. The lowest BCUT2D eigenvalue weighted by Gasteiger charge is -2.43. The minimum atomic E-state index is -2.42. The molecular weight excluding hydrogens is 1300 g/mol. The molecule has 20 nitrogen and oxygen atoms in total. The number of esters is 4. The first-order chi connectivity index (χ1) is 46.9. The van der Waals surface area contributed by atoms with Crippen LogP contribution in [0.5, 0.6) is 5.75 Å². The molecule has 4 N–H and O–H groups in total.